The van der Waals surface area contributed by atoms with Crippen LogP contribution in [-0.4, -0.2) is 19.1 Å². The van der Waals surface area contributed by atoms with Crippen LogP contribution in [0.3, 0.4) is 0 Å². The fraction of sp³-hybridized carbons (Fsp3) is 0.357. The van der Waals surface area contributed by atoms with E-state index in [-0.39, 0.29) is 28.1 Å². The molecular weight excluding hydrogens is 411 g/mol. The van der Waals surface area contributed by atoms with Crippen molar-refractivity contribution < 1.29 is 22.6 Å². The molecule has 23 heavy (non-hydrogen) atoms. The number of fused-ring (bicyclic) bond motifs is 1. The van der Waals surface area contributed by atoms with Gasteiger partial charge in [0.25, 0.3) is 8.38 Å². The summed E-state index contributed by atoms with van der Waals surface area (Å²) in [5.74, 6) is -0.601. The highest BCUT2D eigenvalue weighted by Crippen LogP contribution is 2.63. The van der Waals surface area contributed by atoms with Gasteiger partial charge in [0, 0.05) is 20.1 Å². The number of alkyl halides is 2. The first-order valence-corrected chi connectivity index (χ1v) is 9.57. The summed E-state index contributed by atoms with van der Waals surface area (Å²) < 4.78 is 40.7. The molecule has 0 aliphatic rings. The number of thiophene rings is 1. The van der Waals surface area contributed by atoms with Crippen molar-refractivity contribution >= 4 is 51.6 Å². The third kappa shape index (κ3) is 3.72. The fourth-order valence-corrected chi connectivity index (χ4v) is 5.56. The van der Waals surface area contributed by atoms with Crippen LogP contribution in [0.5, 0.6) is 0 Å². The Morgan fingerprint density at radius 1 is 1.35 bits per heavy atom. The molecule has 1 aromatic carbocycles. The second-order valence-electron chi connectivity index (χ2n) is 4.45. The summed E-state index contributed by atoms with van der Waals surface area (Å²) >= 11 is 4.13. The number of nitrogens with two attached hydrogens (primary N) is 1. The van der Waals surface area contributed by atoms with E-state index in [2.05, 4.69) is 15.9 Å². The van der Waals surface area contributed by atoms with Gasteiger partial charge in [-0.1, -0.05) is 6.07 Å². The minimum Gasteiger partial charge on any atom is -0.366 e. The Bertz CT molecular complexity index is 719. The van der Waals surface area contributed by atoms with Crippen molar-refractivity contribution in [2.75, 3.05) is 13.2 Å². The molecule has 2 rings (SSSR count). The third-order valence-corrected chi connectivity index (χ3v) is 7.04. The number of hydrogen-bond acceptors (Lipinski definition) is 4. The van der Waals surface area contributed by atoms with Crippen molar-refractivity contribution in [2.24, 2.45) is 5.73 Å². The Balaban J connectivity index is 2.52. The molecule has 9 heteroatoms. The Kier molecular flexibility index (Phi) is 6.08. The number of amides is 1. The van der Waals surface area contributed by atoms with Crippen molar-refractivity contribution in [3.8, 4) is 0 Å². The number of rotatable bonds is 7. The molecule has 0 bridgehead atoms. The van der Waals surface area contributed by atoms with E-state index < -0.39 is 19.9 Å². The molecular formula is C14H15BrF2NO3PS. The molecule has 2 N–H and O–H groups in total. The maximum absolute atomic E-state index is 14.8. The van der Waals surface area contributed by atoms with E-state index in [9.17, 15) is 13.6 Å². The van der Waals surface area contributed by atoms with E-state index in [1.54, 1.807) is 19.9 Å². The summed E-state index contributed by atoms with van der Waals surface area (Å²) in [6.07, 6.45) is 0. The maximum Gasteiger partial charge on any atom is 0.349 e. The Morgan fingerprint density at radius 3 is 2.48 bits per heavy atom. The first-order valence-electron chi connectivity index (χ1n) is 6.79. The van der Waals surface area contributed by atoms with E-state index in [0.29, 0.717) is 10.1 Å². The van der Waals surface area contributed by atoms with Crippen molar-refractivity contribution in [3.05, 3.63) is 33.1 Å². The van der Waals surface area contributed by atoms with Gasteiger partial charge in [-0.15, -0.1) is 11.3 Å². The molecule has 0 unspecified atom stereocenters. The fourth-order valence-electron chi connectivity index (χ4n) is 1.93. The monoisotopic (exact) mass is 425 g/mol. The van der Waals surface area contributed by atoms with Gasteiger partial charge in [0.2, 0.25) is 5.91 Å². The quantitative estimate of drug-likeness (QED) is 0.620. The summed E-state index contributed by atoms with van der Waals surface area (Å²) in [7, 11) is -2.40. The average Bonchev–Trinajstić information content (AvgIpc) is 2.84. The minimum absolute atomic E-state index is 0.135. The Labute approximate surface area is 146 Å². The number of primary amides is 1. The predicted molar refractivity (Wildman–Crippen MR) is 92.1 cm³/mol. The summed E-state index contributed by atoms with van der Waals surface area (Å²) in [6.45, 7) is 3.55. The van der Waals surface area contributed by atoms with Gasteiger partial charge >= 0.3 is 5.66 Å². The van der Waals surface area contributed by atoms with Crippen molar-refractivity contribution in [1.82, 2.24) is 0 Å². The first kappa shape index (κ1) is 18.7. The van der Waals surface area contributed by atoms with Crippen LogP contribution in [0.25, 0.3) is 10.1 Å². The molecule has 0 aliphatic carbocycles. The van der Waals surface area contributed by atoms with Crippen LogP contribution in [0.2, 0.25) is 0 Å². The van der Waals surface area contributed by atoms with Crippen LogP contribution in [0.15, 0.2) is 22.7 Å². The molecule has 2 aromatic rings. The minimum atomic E-state index is -3.27. The predicted octanol–water partition coefficient (Wildman–Crippen LogP) is 5.20. The van der Waals surface area contributed by atoms with Crippen LogP contribution in [0.1, 0.15) is 29.1 Å². The largest absolute Gasteiger partial charge is 0.366 e. The number of hydrogen-bond donors (Lipinski definition) is 1. The number of halogens is 3. The highest BCUT2D eigenvalue weighted by Gasteiger charge is 2.47. The van der Waals surface area contributed by atoms with Crippen molar-refractivity contribution in [1.29, 1.82) is 0 Å². The van der Waals surface area contributed by atoms with Crippen molar-refractivity contribution in [2.45, 2.75) is 19.5 Å². The van der Waals surface area contributed by atoms with Crippen LogP contribution in [0, 0.1) is 0 Å². The van der Waals surface area contributed by atoms with Crippen LogP contribution in [0.4, 0.5) is 8.78 Å². The van der Waals surface area contributed by atoms with E-state index in [1.807, 2.05) is 0 Å². The topological polar surface area (TPSA) is 61.6 Å². The molecule has 4 nitrogen and oxygen atoms in total. The highest BCUT2D eigenvalue weighted by molar-refractivity contribution is 9.10. The van der Waals surface area contributed by atoms with E-state index in [1.165, 1.54) is 12.1 Å². The average molecular weight is 426 g/mol. The zero-order chi connectivity index (χ0) is 17.2. The number of carbonyl (C=O) groups excluding carboxylic acids is 1. The maximum atomic E-state index is 14.8. The summed E-state index contributed by atoms with van der Waals surface area (Å²) in [5.41, 5.74) is 2.24. The molecule has 0 saturated heterocycles. The Hall–Kier alpha value is -0.660. The van der Waals surface area contributed by atoms with Gasteiger partial charge in [0.1, 0.15) is 0 Å². The van der Waals surface area contributed by atoms with Gasteiger partial charge in [0.15, 0.2) is 0 Å². The smallest absolute Gasteiger partial charge is 0.349 e. The molecule has 0 atom stereocenters. The number of benzene rings is 1. The molecule has 1 amide bonds. The lowest BCUT2D eigenvalue weighted by Crippen LogP contribution is -2.13. The molecule has 0 saturated carbocycles. The molecule has 126 valence electrons. The lowest BCUT2D eigenvalue weighted by Gasteiger charge is -2.24. The van der Waals surface area contributed by atoms with Crippen molar-refractivity contribution in [3.63, 3.8) is 0 Å². The van der Waals surface area contributed by atoms with E-state index in [0.717, 1.165) is 11.3 Å². The van der Waals surface area contributed by atoms with E-state index in [4.69, 9.17) is 14.8 Å². The standard InChI is InChI=1S/C14H15BrF2NO3PS/c1-3-20-22(21-4-2)14(16,17)12-11(15)9-6-5-8(13(18)19)7-10(9)23-12/h5-7H,3-4H2,1-2H3,(H2,18,19). The highest BCUT2D eigenvalue weighted by atomic mass is 79.9. The summed E-state index contributed by atoms with van der Waals surface area (Å²) in [5, 5.41) is 0.595. The first-order chi connectivity index (χ1) is 10.8. The molecule has 0 aliphatic heterocycles. The molecule has 0 spiro atoms. The van der Waals surface area contributed by atoms with Gasteiger partial charge in [-0.3, -0.25) is 4.79 Å². The van der Waals surface area contributed by atoms with Gasteiger partial charge in [0.05, 0.1) is 18.1 Å². The Morgan fingerprint density at radius 2 is 1.96 bits per heavy atom. The van der Waals surface area contributed by atoms with Gasteiger partial charge in [-0.2, -0.15) is 8.78 Å². The molecule has 0 radical (unpaired) electrons. The number of carbonyl (C=O) groups is 1. The second-order valence-corrected chi connectivity index (χ2v) is 7.89. The van der Waals surface area contributed by atoms with Crippen LogP contribution < -0.4 is 5.73 Å². The van der Waals surface area contributed by atoms with Crippen LogP contribution >= 0.6 is 35.6 Å². The van der Waals surface area contributed by atoms with E-state index >= 15 is 0 Å². The normalized spacial score (nSPS) is 12.3. The zero-order valence-corrected chi connectivity index (χ0v) is 15.7. The third-order valence-electron chi connectivity index (χ3n) is 2.91. The lowest BCUT2D eigenvalue weighted by atomic mass is 10.1. The zero-order valence-electron chi connectivity index (χ0n) is 12.4. The molecule has 1 heterocycles. The summed E-state index contributed by atoms with van der Waals surface area (Å²) in [6, 6.07) is 4.62. The SMILES string of the molecule is CCOP(OCC)C(F)(F)c1sc2cc(C(N)=O)ccc2c1Br. The van der Waals surface area contributed by atoms with Gasteiger partial charge in [-0.25, -0.2) is 0 Å². The molecule has 0 fully saturated rings. The van der Waals surface area contributed by atoms with Gasteiger partial charge < -0.3 is 14.8 Å². The van der Waals surface area contributed by atoms with Crippen LogP contribution in [-0.2, 0) is 14.7 Å². The van der Waals surface area contributed by atoms with Gasteiger partial charge in [-0.05, 0) is 41.9 Å². The molecule has 1 aromatic heterocycles. The lowest BCUT2D eigenvalue weighted by molar-refractivity contribution is 0.0600. The second kappa shape index (κ2) is 7.49. The summed E-state index contributed by atoms with van der Waals surface area (Å²) in [4.78, 5) is 11.1.